The van der Waals surface area contributed by atoms with Gasteiger partial charge in [0.1, 0.15) is 0 Å². The molecule has 0 rings (SSSR count). The van der Waals surface area contributed by atoms with Crippen molar-refractivity contribution in [3.8, 4) is 0 Å². The molecule has 0 amide bonds. The van der Waals surface area contributed by atoms with Crippen LogP contribution in [0.15, 0.2) is 0 Å². The van der Waals surface area contributed by atoms with Gasteiger partial charge in [-0.3, -0.25) is 14.5 Å². The summed E-state index contributed by atoms with van der Waals surface area (Å²) in [5.74, 6) is -1.67. The minimum atomic E-state index is -0.833. The lowest BCUT2D eigenvalue weighted by Crippen LogP contribution is -2.30. The van der Waals surface area contributed by atoms with E-state index in [0.717, 1.165) is 33.2 Å². The Morgan fingerprint density at radius 1 is 0.895 bits per heavy atom. The van der Waals surface area contributed by atoms with Gasteiger partial charge in [-0.2, -0.15) is 0 Å². The fourth-order valence-corrected chi connectivity index (χ4v) is 1.000. The molecule has 0 saturated carbocycles. The summed E-state index contributed by atoms with van der Waals surface area (Å²) in [5.41, 5.74) is 0. The van der Waals surface area contributed by atoms with Crippen LogP contribution in [0.25, 0.3) is 0 Å². The van der Waals surface area contributed by atoms with Gasteiger partial charge in [0, 0.05) is 26.9 Å². The summed E-state index contributed by atoms with van der Waals surface area (Å²) in [5, 5.41) is 32.1. The Labute approximate surface area is 114 Å². The molecule has 0 spiro atoms. The lowest BCUT2D eigenvalue weighted by Gasteiger charge is -2.19. The van der Waals surface area contributed by atoms with Gasteiger partial charge in [0.2, 0.25) is 0 Å². The van der Waals surface area contributed by atoms with Crippen molar-refractivity contribution in [2.75, 3.05) is 32.8 Å². The van der Waals surface area contributed by atoms with E-state index in [-0.39, 0.29) is 13.2 Å². The van der Waals surface area contributed by atoms with Crippen molar-refractivity contribution < 1.29 is 30.0 Å². The second kappa shape index (κ2) is 19.2. The number of hydrogen-bond acceptors (Lipinski definition) is 5. The topological polar surface area (TPSA) is 118 Å². The van der Waals surface area contributed by atoms with Crippen LogP contribution in [-0.4, -0.2) is 70.1 Å². The van der Waals surface area contributed by atoms with Crippen LogP contribution in [0.1, 0.15) is 33.6 Å². The predicted octanol–water partition coefficient (Wildman–Crippen LogP) is 0.255. The van der Waals surface area contributed by atoms with Crippen LogP contribution in [0, 0.1) is 0 Å². The van der Waals surface area contributed by atoms with Crippen LogP contribution in [0.5, 0.6) is 0 Å². The lowest BCUT2D eigenvalue weighted by atomic mass is 10.3. The minimum Gasteiger partial charge on any atom is -0.481 e. The maximum atomic E-state index is 9.00. The zero-order valence-electron chi connectivity index (χ0n) is 12.0. The average molecular weight is 281 g/mol. The first-order valence-electron chi connectivity index (χ1n) is 6.14. The molecule has 0 unspecified atom stereocenters. The SMILES string of the molecule is CC(=O)O.CC(=O)O.CCCCN(CCO)CCO. The van der Waals surface area contributed by atoms with Gasteiger partial charge < -0.3 is 20.4 Å². The monoisotopic (exact) mass is 281 g/mol. The smallest absolute Gasteiger partial charge is 0.300 e. The standard InChI is InChI=1S/C8H19NO2.2C2H4O2/c1-2-3-4-9(5-7-10)6-8-11;2*1-2(3)4/h10-11H,2-8H2,1H3;2*1H3,(H,3,4). The molecular formula is C12H27NO6. The van der Waals surface area contributed by atoms with Crippen molar-refractivity contribution in [1.29, 1.82) is 0 Å². The van der Waals surface area contributed by atoms with Gasteiger partial charge in [0.05, 0.1) is 13.2 Å². The van der Waals surface area contributed by atoms with Crippen LogP contribution in [-0.2, 0) is 9.59 Å². The van der Waals surface area contributed by atoms with E-state index < -0.39 is 11.9 Å². The number of aliphatic hydroxyl groups excluding tert-OH is 2. The first-order valence-corrected chi connectivity index (χ1v) is 6.14. The van der Waals surface area contributed by atoms with E-state index in [2.05, 4.69) is 11.8 Å². The highest BCUT2D eigenvalue weighted by Gasteiger charge is 2.00. The van der Waals surface area contributed by atoms with E-state index in [1.807, 2.05) is 0 Å². The largest absolute Gasteiger partial charge is 0.481 e. The number of carboxylic acid groups (broad SMARTS) is 2. The van der Waals surface area contributed by atoms with Gasteiger partial charge in [-0.15, -0.1) is 0 Å². The summed E-state index contributed by atoms with van der Waals surface area (Å²) in [4.78, 5) is 20.1. The molecule has 0 heterocycles. The van der Waals surface area contributed by atoms with Crippen molar-refractivity contribution in [3.63, 3.8) is 0 Å². The van der Waals surface area contributed by atoms with E-state index >= 15 is 0 Å². The Morgan fingerprint density at radius 2 is 1.21 bits per heavy atom. The van der Waals surface area contributed by atoms with Crippen LogP contribution in [0.3, 0.4) is 0 Å². The van der Waals surface area contributed by atoms with Gasteiger partial charge >= 0.3 is 0 Å². The van der Waals surface area contributed by atoms with Gasteiger partial charge in [0.25, 0.3) is 11.9 Å². The second-order valence-electron chi connectivity index (χ2n) is 3.68. The Balaban J connectivity index is -0.000000264. The number of hydrogen-bond donors (Lipinski definition) is 4. The van der Waals surface area contributed by atoms with Gasteiger partial charge in [-0.05, 0) is 13.0 Å². The zero-order valence-corrected chi connectivity index (χ0v) is 12.0. The number of carbonyl (C=O) groups is 2. The molecular weight excluding hydrogens is 254 g/mol. The summed E-state index contributed by atoms with van der Waals surface area (Å²) in [6, 6.07) is 0. The molecule has 19 heavy (non-hydrogen) atoms. The van der Waals surface area contributed by atoms with E-state index in [1.54, 1.807) is 0 Å². The highest BCUT2D eigenvalue weighted by atomic mass is 16.4. The highest BCUT2D eigenvalue weighted by Crippen LogP contribution is 1.93. The fourth-order valence-electron chi connectivity index (χ4n) is 1.000. The Kier molecular flexibility index (Phi) is 23.2. The van der Waals surface area contributed by atoms with Crippen molar-refractivity contribution >= 4 is 11.9 Å². The first kappa shape index (κ1) is 23.0. The Bertz CT molecular complexity index is 184. The fraction of sp³-hybridized carbons (Fsp3) is 0.833. The van der Waals surface area contributed by atoms with Crippen LogP contribution >= 0.6 is 0 Å². The van der Waals surface area contributed by atoms with Crippen molar-refractivity contribution in [2.45, 2.75) is 33.6 Å². The van der Waals surface area contributed by atoms with Crippen molar-refractivity contribution in [1.82, 2.24) is 4.90 Å². The third-order valence-electron chi connectivity index (χ3n) is 1.66. The van der Waals surface area contributed by atoms with Crippen LogP contribution < -0.4 is 0 Å². The first-order chi connectivity index (χ1) is 8.81. The summed E-state index contributed by atoms with van der Waals surface area (Å²) >= 11 is 0. The molecule has 0 fully saturated rings. The lowest BCUT2D eigenvalue weighted by molar-refractivity contribution is -0.135. The minimum absolute atomic E-state index is 0.184. The quantitative estimate of drug-likeness (QED) is 0.528. The van der Waals surface area contributed by atoms with Gasteiger partial charge in [-0.1, -0.05) is 13.3 Å². The zero-order chi connectivity index (χ0) is 15.7. The summed E-state index contributed by atoms with van der Waals surface area (Å²) in [6.45, 7) is 7.02. The average Bonchev–Trinajstić information content (AvgIpc) is 2.25. The molecule has 0 aliphatic rings. The molecule has 0 radical (unpaired) electrons. The predicted molar refractivity (Wildman–Crippen MR) is 72.1 cm³/mol. The molecule has 0 aliphatic heterocycles. The molecule has 0 aromatic rings. The molecule has 116 valence electrons. The number of carboxylic acids is 2. The number of nitrogens with zero attached hydrogens (tertiary/aromatic N) is 1. The van der Waals surface area contributed by atoms with E-state index in [9.17, 15) is 0 Å². The molecule has 0 atom stereocenters. The van der Waals surface area contributed by atoms with E-state index in [4.69, 9.17) is 30.0 Å². The van der Waals surface area contributed by atoms with Crippen LogP contribution in [0.4, 0.5) is 0 Å². The van der Waals surface area contributed by atoms with Gasteiger partial charge in [-0.25, -0.2) is 0 Å². The molecule has 0 aromatic heterocycles. The van der Waals surface area contributed by atoms with E-state index in [0.29, 0.717) is 13.1 Å². The van der Waals surface area contributed by atoms with Crippen LogP contribution in [0.2, 0.25) is 0 Å². The Morgan fingerprint density at radius 3 is 1.42 bits per heavy atom. The molecule has 0 saturated heterocycles. The summed E-state index contributed by atoms with van der Waals surface area (Å²) in [6.07, 6.45) is 2.30. The third kappa shape index (κ3) is 47.5. The number of rotatable bonds is 7. The number of unbranched alkanes of at least 4 members (excludes halogenated alkanes) is 1. The van der Waals surface area contributed by atoms with Crippen molar-refractivity contribution in [3.05, 3.63) is 0 Å². The second-order valence-corrected chi connectivity index (χ2v) is 3.68. The van der Waals surface area contributed by atoms with Crippen molar-refractivity contribution in [2.24, 2.45) is 0 Å². The molecule has 7 nitrogen and oxygen atoms in total. The number of aliphatic carboxylic acids is 2. The summed E-state index contributed by atoms with van der Waals surface area (Å²) < 4.78 is 0. The molecule has 0 aromatic carbocycles. The highest BCUT2D eigenvalue weighted by molar-refractivity contribution is 5.63. The van der Waals surface area contributed by atoms with Gasteiger partial charge in [0.15, 0.2) is 0 Å². The Hall–Kier alpha value is -1.18. The molecule has 0 aliphatic carbocycles. The molecule has 4 N–H and O–H groups in total. The summed E-state index contributed by atoms with van der Waals surface area (Å²) in [7, 11) is 0. The molecule has 7 heteroatoms. The third-order valence-corrected chi connectivity index (χ3v) is 1.66. The number of aliphatic hydroxyl groups is 2. The maximum absolute atomic E-state index is 9.00. The van der Waals surface area contributed by atoms with E-state index in [1.165, 1.54) is 0 Å². The maximum Gasteiger partial charge on any atom is 0.300 e. The molecule has 0 bridgehead atoms. The normalized spacial score (nSPS) is 8.95.